The van der Waals surface area contributed by atoms with E-state index in [0.29, 0.717) is 34.4 Å². The molecule has 1 N–H and O–H groups in total. The van der Waals surface area contributed by atoms with E-state index in [9.17, 15) is 23.1 Å². The predicted molar refractivity (Wildman–Crippen MR) is 109 cm³/mol. The lowest BCUT2D eigenvalue weighted by Crippen LogP contribution is -2.09. The van der Waals surface area contributed by atoms with Crippen molar-refractivity contribution < 1.29 is 23.1 Å². The Bertz CT molecular complexity index is 1420. The number of hydrogen-bond acceptors (Lipinski definition) is 5. The molecule has 0 unspecified atom stereocenters. The van der Waals surface area contributed by atoms with Gasteiger partial charge in [-0.05, 0) is 57.2 Å². The normalized spacial score (nSPS) is 14.6. The van der Waals surface area contributed by atoms with Gasteiger partial charge < -0.3 is 5.11 Å². The summed E-state index contributed by atoms with van der Waals surface area (Å²) < 4.78 is 43.2. The molecule has 0 spiro atoms. The molecule has 0 amide bonds. The number of aryl methyl sites for hydroxylation is 2. The van der Waals surface area contributed by atoms with Crippen molar-refractivity contribution in [2.45, 2.75) is 52.3 Å². The van der Waals surface area contributed by atoms with Crippen LogP contribution < -0.4 is 0 Å². The van der Waals surface area contributed by atoms with Crippen molar-refractivity contribution >= 4 is 22.6 Å². The first kappa shape index (κ1) is 20.4. The fourth-order valence-electron chi connectivity index (χ4n) is 4.23. The maximum absolute atomic E-state index is 13.4. The van der Waals surface area contributed by atoms with Crippen LogP contribution in [0.4, 0.5) is 13.2 Å². The summed E-state index contributed by atoms with van der Waals surface area (Å²) in [7, 11) is 0. The Hall–Kier alpha value is -3.50. The molecule has 32 heavy (non-hydrogen) atoms. The number of carbonyl (C=O) groups is 1. The Morgan fingerprint density at radius 2 is 1.91 bits per heavy atom. The first-order valence-electron chi connectivity index (χ1n) is 10.2. The highest BCUT2D eigenvalue weighted by molar-refractivity contribution is 5.97. The van der Waals surface area contributed by atoms with E-state index in [-0.39, 0.29) is 22.9 Å². The average molecular weight is 444 g/mol. The minimum absolute atomic E-state index is 0.0559. The van der Waals surface area contributed by atoms with E-state index < -0.39 is 17.8 Å². The van der Waals surface area contributed by atoms with Crippen molar-refractivity contribution in [1.29, 1.82) is 0 Å². The van der Waals surface area contributed by atoms with Gasteiger partial charge in [0.1, 0.15) is 5.69 Å². The number of aromatic carboxylic acids is 1. The van der Waals surface area contributed by atoms with Crippen molar-refractivity contribution in [1.82, 2.24) is 29.4 Å². The van der Waals surface area contributed by atoms with Gasteiger partial charge >= 0.3 is 12.1 Å². The lowest BCUT2D eigenvalue weighted by atomic mass is 10.1. The number of aromatic nitrogens is 6. The minimum atomic E-state index is -4.63. The van der Waals surface area contributed by atoms with Crippen molar-refractivity contribution in [3.8, 4) is 11.3 Å². The molecule has 0 aromatic carbocycles. The number of alkyl halides is 3. The second-order valence-electron chi connectivity index (χ2n) is 8.00. The predicted octanol–water partition coefficient (Wildman–Crippen LogP) is 4.37. The zero-order valence-electron chi connectivity index (χ0n) is 17.5. The van der Waals surface area contributed by atoms with Gasteiger partial charge in [-0.15, -0.1) is 5.10 Å². The number of carboxylic acids is 1. The van der Waals surface area contributed by atoms with E-state index in [1.807, 2.05) is 20.8 Å². The van der Waals surface area contributed by atoms with Crippen LogP contribution in [0.1, 0.15) is 58.8 Å². The third-order valence-electron chi connectivity index (χ3n) is 5.84. The molecule has 0 aliphatic heterocycles. The SMILES string of the molecule is CCn1nc(C)c(-c2cc(C(=O)O)n3nc4nc(C(F)(F)F)cc(C5CC5)c4c3n2)c1C. The molecule has 1 fully saturated rings. The molecule has 11 heteroatoms. The van der Waals surface area contributed by atoms with Crippen LogP contribution in [0.25, 0.3) is 27.9 Å². The number of pyridine rings is 1. The van der Waals surface area contributed by atoms with Gasteiger partial charge in [-0.1, -0.05) is 0 Å². The summed E-state index contributed by atoms with van der Waals surface area (Å²) in [5.74, 6) is -1.33. The van der Waals surface area contributed by atoms with Gasteiger partial charge in [-0.3, -0.25) is 4.68 Å². The van der Waals surface area contributed by atoms with Crippen molar-refractivity contribution in [2.24, 2.45) is 0 Å². The molecule has 5 rings (SSSR count). The molecule has 8 nitrogen and oxygen atoms in total. The number of hydrogen-bond donors (Lipinski definition) is 1. The molecule has 1 aliphatic rings. The minimum Gasteiger partial charge on any atom is -0.477 e. The number of halogens is 3. The van der Waals surface area contributed by atoms with Crippen LogP contribution in [-0.4, -0.2) is 40.4 Å². The molecule has 4 aromatic heterocycles. The van der Waals surface area contributed by atoms with Crippen LogP contribution >= 0.6 is 0 Å². The Labute approximate surface area is 179 Å². The zero-order valence-corrected chi connectivity index (χ0v) is 17.5. The van der Waals surface area contributed by atoms with Gasteiger partial charge in [0.05, 0.1) is 16.8 Å². The monoisotopic (exact) mass is 444 g/mol. The third-order valence-corrected chi connectivity index (χ3v) is 5.84. The van der Waals surface area contributed by atoms with E-state index in [0.717, 1.165) is 29.1 Å². The average Bonchev–Trinajstić information content (AvgIpc) is 3.44. The Morgan fingerprint density at radius 1 is 1.19 bits per heavy atom. The molecular formula is C21H19F3N6O2. The fraction of sp³-hybridized carbons (Fsp3) is 0.381. The summed E-state index contributed by atoms with van der Waals surface area (Å²) in [5, 5.41) is 18.8. The summed E-state index contributed by atoms with van der Waals surface area (Å²) in [4.78, 5) is 20.4. The fourth-order valence-corrected chi connectivity index (χ4v) is 4.23. The van der Waals surface area contributed by atoms with Gasteiger partial charge in [0.25, 0.3) is 0 Å². The summed E-state index contributed by atoms with van der Waals surface area (Å²) in [6.45, 7) is 6.25. The van der Waals surface area contributed by atoms with E-state index in [2.05, 4.69) is 20.2 Å². The molecule has 1 aliphatic carbocycles. The quantitative estimate of drug-likeness (QED) is 0.502. The smallest absolute Gasteiger partial charge is 0.433 e. The molecule has 4 aromatic rings. The maximum Gasteiger partial charge on any atom is 0.433 e. The zero-order chi connectivity index (χ0) is 22.9. The lowest BCUT2D eigenvalue weighted by Gasteiger charge is -2.09. The van der Waals surface area contributed by atoms with Crippen LogP contribution in [0.3, 0.4) is 0 Å². The number of fused-ring (bicyclic) bond motifs is 3. The highest BCUT2D eigenvalue weighted by atomic mass is 19.4. The highest BCUT2D eigenvalue weighted by Crippen LogP contribution is 2.45. The summed E-state index contributed by atoms with van der Waals surface area (Å²) in [6, 6.07) is 2.42. The first-order chi connectivity index (χ1) is 15.1. The summed E-state index contributed by atoms with van der Waals surface area (Å²) in [5.41, 5.74) is 1.81. The Morgan fingerprint density at radius 3 is 2.47 bits per heavy atom. The molecular weight excluding hydrogens is 425 g/mol. The molecule has 1 saturated carbocycles. The van der Waals surface area contributed by atoms with Crippen molar-refractivity contribution in [2.75, 3.05) is 0 Å². The van der Waals surface area contributed by atoms with Gasteiger partial charge in [-0.2, -0.15) is 18.3 Å². The van der Waals surface area contributed by atoms with Crippen molar-refractivity contribution in [3.05, 3.63) is 40.5 Å². The number of nitrogens with zero attached hydrogens (tertiary/aromatic N) is 6. The molecule has 4 heterocycles. The van der Waals surface area contributed by atoms with Gasteiger partial charge in [0, 0.05) is 17.8 Å². The second kappa shape index (κ2) is 6.75. The standard InChI is InChI=1S/C21H19F3N6O2/c1-4-29-10(3)16(9(2)27-29)13-8-14(20(31)32)30-19(25-13)17-12(11-5-6-11)7-15(21(22,23)24)26-18(17)28-30/h7-8,11H,4-6H2,1-3H3,(H,31,32). The molecule has 0 bridgehead atoms. The van der Waals surface area contributed by atoms with Crippen LogP contribution in [0, 0.1) is 13.8 Å². The lowest BCUT2D eigenvalue weighted by molar-refractivity contribution is -0.141. The molecule has 0 saturated heterocycles. The summed E-state index contributed by atoms with van der Waals surface area (Å²) >= 11 is 0. The van der Waals surface area contributed by atoms with Crippen LogP contribution in [-0.2, 0) is 12.7 Å². The van der Waals surface area contributed by atoms with E-state index in [1.165, 1.54) is 6.07 Å². The summed E-state index contributed by atoms with van der Waals surface area (Å²) in [6.07, 6.45) is -3.13. The molecule has 0 radical (unpaired) electrons. The number of carboxylic acid groups (broad SMARTS) is 1. The number of rotatable bonds is 4. The van der Waals surface area contributed by atoms with Crippen molar-refractivity contribution in [3.63, 3.8) is 0 Å². The van der Waals surface area contributed by atoms with Crippen LogP contribution in [0.5, 0.6) is 0 Å². The molecule has 0 atom stereocenters. The molecule has 166 valence electrons. The largest absolute Gasteiger partial charge is 0.477 e. The van der Waals surface area contributed by atoms with Gasteiger partial charge in [-0.25, -0.2) is 19.3 Å². The third kappa shape index (κ3) is 3.02. The first-order valence-corrected chi connectivity index (χ1v) is 10.2. The van der Waals surface area contributed by atoms with Gasteiger partial charge in [0.2, 0.25) is 0 Å². The second-order valence-corrected chi connectivity index (χ2v) is 8.00. The van der Waals surface area contributed by atoms with E-state index in [1.54, 1.807) is 4.68 Å². The Kier molecular flexibility index (Phi) is 4.30. The van der Waals surface area contributed by atoms with E-state index >= 15 is 0 Å². The van der Waals surface area contributed by atoms with Gasteiger partial charge in [0.15, 0.2) is 17.0 Å². The van der Waals surface area contributed by atoms with E-state index in [4.69, 9.17) is 0 Å². The highest BCUT2D eigenvalue weighted by Gasteiger charge is 2.37. The van der Waals surface area contributed by atoms with Crippen LogP contribution in [0.15, 0.2) is 12.1 Å². The maximum atomic E-state index is 13.4. The topological polar surface area (TPSA) is 98.2 Å². The van der Waals surface area contributed by atoms with Crippen LogP contribution in [0.2, 0.25) is 0 Å². The Balaban J connectivity index is 1.88.